The Labute approximate surface area is 234 Å². The summed E-state index contributed by atoms with van der Waals surface area (Å²) in [7, 11) is 1.40. The van der Waals surface area contributed by atoms with Gasteiger partial charge in [0.05, 0.1) is 30.2 Å². The summed E-state index contributed by atoms with van der Waals surface area (Å²) in [6.07, 6.45) is 2.24. The average molecular weight is 539 g/mol. The van der Waals surface area contributed by atoms with Crippen LogP contribution < -0.4 is 9.64 Å². The van der Waals surface area contributed by atoms with Gasteiger partial charge in [-0.1, -0.05) is 36.4 Å². The molecule has 3 aromatic carbocycles. The van der Waals surface area contributed by atoms with E-state index in [1.807, 2.05) is 77.7 Å². The second-order valence-electron chi connectivity index (χ2n) is 11.7. The van der Waals surface area contributed by atoms with Crippen LogP contribution in [0.2, 0.25) is 0 Å². The molecule has 6 atom stereocenters. The Morgan fingerprint density at radius 1 is 0.950 bits per heavy atom. The van der Waals surface area contributed by atoms with Gasteiger partial charge in [0, 0.05) is 18.3 Å². The lowest BCUT2D eigenvalue weighted by Crippen LogP contribution is -2.58. The van der Waals surface area contributed by atoms with Crippen molar-refractivity contribution in [2.45, 2.75) is 43.2 Å². The van der Waals surface area contributed by atoms with Gasteiger partial charge in [0.15, 0.2) is 0 Å². The number of aliphatic hydroxyl groups excluding tert-OH is 1. The smallest absolute Gasteiger partial charge is 0.311 e. The van der Waals surface area contributed by atoms with Crippen LogP contribution in [0.25, 0.3) is 0 Å². The summed E-state index contributed by atoms with van der Waals surface area (Å²) in [5.74, 6) is 0.997. The van der Waals surface area contributed by atoms with Gasteiger partial charge in [-0.3, -0.25) is 19.4 Å². The Hall–Kier alpha value is -3.68. The first kappa shape index (κ1) is 25.3. The highest BCUT2D eigenvalue weighted by Crippen LogP contribution is 2.57. The quantitative estimate of drug-likeness (QED) is 0.469. The third-order valence-electron chi connectivity index (χ3n) is 9.84. The summed E-state index contributed by atoms with van der Waals surface area (Å²) >= 11 is 0. The van der Waals surface area contributed by atoms with Gasteiger partial charge in [-0.15, -0.1) is 0 Å². The van der Waals surface area contributed by atoms with Crippen LogP contribution in [0.15, 0.2) is 78.9 Å². The predicted molar refractivity (Wildman–Crippen MR) is 151 cm³/mol. The lowest BCUT2D eigenvalue weighted by Gasteiger charge is -2.50. The van der Waals surface area contributed by atoms with E-state index in [-0.39, 0.29) is 23.8 Å². The normalized spacial score (nSPS) is 31.0. The SMILES string of the molecule is COC(=O)[C@@H]1[C@H]2C[C@@H]3N(CC[C@@]34C(=O)N(c3ccc(Oc5ccccc5)cc3)c3ccccc34)C[C@@H]2CC[C@@H]1O. The fourth-order valence-electron chi connectivity index (χ4n) is 8.05. The van der Waals surface area contributed by atoms with Gasteiger partial charge >= 0.3 is 5.97 Å². The third-order valence-corrected chi connectivity index (χ3v) is 9.84. The highest BCUT2D eigenvalue weighted by molar-refractivity contribution is 6.13. The number of carbonyl (C=O) groups is 2. The molecule has 2 saturated heterocycles. The molecule has 0 aromatic heterocycles. The minimum Gasteiger partial charge on any atom is -0.469 e. The van der Waals surface area contributed by atoms with Crippen molar-refractivity contribution in [3.05, 3.63) is 84.4 Å². The number of rotatable bonds is 4. The molecule has 1 spiro atoms. The van der Waals surface area contributed by atoms with Crippen molar-refractivity contribution in [3.8, 4) is 11.5 Å². The number of benzene rings is 3. The van der Waals surface area contributed by atoms with Gasteiger partial charge in [0.1, 0.15) is 11.5 Å². The molecular formula is C33H34N2O5. The molecule has 3 aromatic rings. The fraction of sp³-hybridized carbons (Fsp3) is 0.394. The van der Waals surface area contributed by atoms with E-state index in [0.29, 0.717) is 24.5 Å². The van der Waals surface area contributed by atoms with E-state index in [1.165, 1.54) is 7.11 Å². The van der Waals surface area contributed by atoms with Crippen LogP contribution in [0, 0.1) is 17.8 Å². The molecule has 3 fully saturated rings. The lowest BCUT2D eigenvalue weighted by molar-refractivity contribution is -0.159. The minimum atomic E-state index is -0.697. The number of piperidine rings is 1. The van der Waals surface area contributed by atoms with Crippen LogP contribution in [0.4, 0.5) is 11.4 Å². The molecule has 7 rings (SSSR count). The number of fused-ring (bicyclic) bond motifs is 5. The van der Waals surface area contributed by atoms with Crippen LogP contribution in [-0.2, 0) is 19.7 Å². The fourth-order valence-corrected chi connectivity index (χ4v) is 8.05. The number of carbonyl (C=O) groups excluding carboxylic acids is 2. The van der Waals surface area contributed by atoms with Crippen LogP contribution >= 0.6 is 0 Å². The first-order valence-electron chi connectivity index (χ1n) is 14.3. The number of hydrogen-bond acceptors (Lipinski definition) is 6. The summed E-state index contributed by atoms with van der Waals surface area (Å²) < 4.78 is 11.1. The molecule has 3 heterocycles. The molecule has 1 N–H and O–H groups in total. The average Bonchev–Trinajstić information content (AvgIpc) is 3.48. The first-order valence-corrected chi connectivity index (χ1v) is 14.3. The second kappa shape index (κ2) is 9.75. The Kier molecular flexibility index (Phi) is 6.17. The highest BCUT2D eigenvalue weighted by Gasteiger charge is 2.63. The molecule has 206 valence electrons. The van der Waals surface area contributed by atoms with E-state index in [2.05, 4.69) is 11.0 Å². The Bertz CT molecular complexity index is 1430. The molecule has 0 radical (unpaired) electrons. The maximum absolute atomic E-state index is 14.6. The Morgan fingerprint density at radius 3 is 2.45 bits per heavy atom. The van der Waals surface area contributed by atoms with Gasteiger partial charge < -0.3 is 14.6 Å². The Morgan fingerprint density at radius 2 is 1.68 bits per heavy atom. The summed E-state index contributed by atoms with van der Waals surface area (Å²) in [5, 5.41) is 10.8. The van der Waals surface area contributed by atoms with Crippen molar-refractivity contribution >= 4 is 23.3 Å². The molecule has 7 nitrogen and oxygen atoms in total. The van der Waals surface area contributed by atoms with Crippen molar-refractivity contribution in [1.82, 2.24) is 4.90 Å². The summed E-state index contributed by atoms with van der Waals surface area (Å²) in [6.45, 7) is 1.69. The number of anilines is 2. The third kappa shape index (κ3) is 3.79. The van der Waals surface area contributed by atoms with Gasteiger partial charge in [0.25, 0.3) is 0 Å². The van der Waals surface area contributed by atoms with Crippen molar-refractivity contribution in [2.75, 3.05) is 25.1 Å². The van der Waals surface area contributed by atoms with Gasteiger partial charge in [0.2, 0.25) is 5.91 Å². The molecule has 1 aliphatic carbocycles. The van der Waals surface area contributed by atoms with E-state index in [0.717, 1.165) is 48.6 Å². The zero-order chi connectivity index (χ0) is 27.4. The highest BCUT2D eigenvalue weighted by atomic mass is 16.5. The monoisotopic (exact) mass is 538 g/mol. The molecule has 7 heteroatoms. The zero-order valence-corrected chi connectivity index (χ0v) is 22.6. The van der Waals surface area contributed by atoms with Crippen molar-refractivity contribution in [1.29, 1.82) is 0 Å². The standard InChI is InChI=1S/C33H34N2O5/c1-39-31(37)30-25-19-29-33(17-18-34(29)20-21(25)11-16-28(30)36)26-9-5-6-10-27(26)35(32(33)38)22-12-14-24(15-13-22)40-23-7-3-2-4-8-23/h2-10,12-15,21,25,28-30,36H,11,16-20H2,1H3/t21-,25-,28-,29-,30+,33-/m0/s1. The zero-order valence-electron chi connectivity index (χ0n) is 22.6. The van der Waals surface area contributed by atoms with Gasteiger partial charge in [-0.2, -0.15) is 0 Å². The molecule has 40 heavy (non-hydrogen) atoms. The number of nitrogens with zero attached hydrogens (tertiary/aromatic N) is 2. The van der Waals surface area contributed by atoms with Crippen LogP contribution in [-0.4, -0.2) is 54.2 Å². The molecular weight excluding hydrogens is 504 g/mol. The molecule has 3 aliphatic heterocycles. The molecule has 4 aliphatic rings. The number of amides is 1. The van der Waals surface area contributed by atoms with E-state index < -0.39 is 17.4 Å². The summed E-state index contributed by atoms with van der Waals surface area (Å²) in [5.41, 5.74) is 2.09. The number of aliphatic hydroxyl groups is 1. The molecule has 0 unspecified atom stereocenters. The number of esters is 1. The van der Waals surface area contributed by atoms with Crippen LogP contribution in [0.5, 0.6) is 11.5 Å². The predicted octanol–water partition coefficient (Wildman–Crippen LogP) is 5.05. The summed E-state index contributed by atoms with van der Waals surface area (Å²) in [6, 6.07) is 25.4. The topological polar surface area (TPSA) is 79.3 Å². The largest absolute Gasteiger partial charge is 0.469 e. The molecule has 1 saturated carbocycles. The van der Waals surface area contributed by atoms with E-state index >= 15 is 0 Å². The van der Waals surface area contributed by atoms with E-state index in [4.69, 9.17) is 9.47 Å². The van der Waals surface area contributed by atoms with E-state index in [9.17, 15) is 14.7 Å². The van der Waals surface area contributed by atoms with Crippen LogP contribution in [0.1, 0.15) is 31.2 Å². The number of ether oxygens (including phenoxy) is 2. The van der Waals surface area contributed by atoms with Crippen molar-refractivity contribution in [3.63, 3.8) is 0 Å². The summed E-state index contributed by atoms with van der Waals surface area (Å²) in [4.78, 5) is 31.8. The first-order chi connectivity index (χ1) is 19.5. The molecule has 0 bridgehead atoms. The van der Waals surface area contributed by atoms with Crippen LogP contribution in [0.3, 0.4) is 0 Å². The van der Waals surface area contributed by atoms with Crippen molar-refractivity contribution < 1.29 is 24.2 Å². The number of hydrogen-bond donors (Lipinski definition) is 1. The van der Waals surface area contributed by atoms with Gasteiger partial charge in [-0.05, 0) is 92.1 Å². The lowest BCUT2D eigenvalue weighted by atomic mass is 9.62. The number of methoxy groups -OCH3 is 1. The second-order valence-corrected chi connectivity index (χ2v) is 11.7. The van der Waals surface area contributed by atoms with E-state index in [1.54, 1.807) is 0 Å². The number of para-hydroxylation sites is 2. The van der Waals surface area contributed by atoms with Crippen molar-refractivity contribution in [2.24, 2.45) is 17.8 Å². The molecule has 1 amide bonds. The Balaban J connectivity index is 1.22. The maximum atomic E-state index is 14.6. The van der Waals surface area contributed by atoms with Gasteiger partial charge in [-0.25, -0.2) is 0 Å². The minimum absolute atomic E-state index is 0.00384. The maximum Gasteiger partial charge on any atom is 0.311 e.